The molecule has 0 saturated carbocycles. The maximum atomic E-state index is 12.8. The predicted octanol–water partition coefficient (Wildman–Crippen LogP) is 7.21. The molecule has 3 rings (SSSR count). The van der Waals surface area contributed by atoms with Crippen LogP contribution in [0.15, 0.2) is 55.1 Å². The van der Waals surface area contributed by atoms with Crippen LogP contribution in [0.25, 0.3) is 10.6 Å². The maximum Gasteiger partial charge on any atom is 0.271 e. The van der Waals surface area contributed by atoms with Gasteiger partial charge in [0, 0.05) is 17.0 Å². The van der Waals surface area contributed by atoms with Gasteiger partial charge in [-0.15, -0.1) is 17.9 Å². The molecule has 1 unspecified atom stereocenters. The van der Waals surface area contributed by atoms with Gasteiger partial charge in [0.05, 0.1) is 12.2 Å². The normalized spacial score (nSPS) is 11.5. The van der Waals surface area contributed by atoms with Crippen molar-refractivity contribution in [1.82, 2.24) is 10.3 Å². The van der Waals surface area contributed by atoms with E-state index < -0.39 is 0 Å². The summed E-state index contributed by atoms with van der Waals surface area (Å²) in [6, 6.07) is 14.6. The van der Waals surface area contributed by atoms with Crippen LogP contribution in [0, 0.1) is 20.8 Å². The van der Waals surface area contributed by atoms with Crippen molar-refractivity contribution in [3.63, 3.8) is 0 Å². The molecule has 1 heterocycles. The van der Waals surface area contributed by atoms with Crippen LogP contribution in [0.1, 0.15) is 65.3 Å². The Hall–Kier alpha value is -2.76. The van der Waals surface area contributed by atoms with Crippen LogP contribution in [0.3, 0.4) is 0 Å². The van der Waals surface area contributed by atoms with Crippen molar-refractivity contribution in [3.05, 3.63) is 87.9 Å². The standard InChI is InChI=1S/C26H32N2O2S.C3H6/c1-16(2)30-19(5)13-21-10-9-18(4)23(14-21)15-27-25(29)24-20(6)31-26(28-24)22-11-7-17(3)8-12-22;1-3-2/h7-12,14,16,19H,13,15H2,1-6H3,(H,27,29);3H,1H2,2H3. The topological polar surface area (TPSA) is 51.2 Å². The number of hydrogen-bond acceptors (Lipinski definition) is 4. The molecule has 0 spiro atoms. The molecule has 0 aliphatic carbocycles. The van der Waals surface area contributed by atoms with Crippen molar-refractivity contribution in [1.29, 1.82) is 0 Å². The molecule has 0 saturated heterocycles. The third-order valence-corrected chi connectivity index (χ3v) is 6.21. The van der Waals surface area contributed by atoms with Gasteiger partial charge in [-0.05, 0) is 71.6 Å². The number of rotatable bonds is 8. The zero-order valence-corrected chi connectivity index (χ0v) is 22.4. The fraction of sp³-hybridized carbons (Fsp3) is 0.379. The highest BCUT2D eigenvalue weighted by molar-refractivity contribution is 7.15. The Bertz CT molecular complexity index is 1080. The van der Waals surface area contributed by atoms with Crippen LogP contribution >= 0.6 is 11.3 Å². The zero-order chi connectivity index (χ0) is 25.3. The first-order chi connectivity index (χ1) is 16.1. The SMILES string of the molecule is C=CC.Cc1ccc(-c2nc(C(=O)NCc3cc(CC(C)OC(C)C)ccc3C)c(C)s2)cc1. The van der Waals surface area contributed by atoms with Crippen molar-refractivity contribution < 1.29 is 9.53 Å². The molecular weight excluding hydrogens is 440 g/mol. The quantitative estimate of drug-likeness (QED) is 0.348. The van der Waals surface area contributed by atoms with Gasteiger partial charge in [0.25, 0.3) is 5.91 Å². The lowest BCUT2D eigenvalue weighted by atomic mass is 10.0. The van der Waals surface area contributed by atoms with Gasteiger partial charge >= 0.3 is 0 Å². The summed E-state index contributed by atoms with van der Waals surface area (Å²) in [5.74, 6) is -0.131. The number of ether oxygens (including phenoxy) is 1. The maximum absolute atomic E-state index is 12.8. The van der Waals surface area contributed by atoms with Crippen molar-refractivity contribution in [3.8, 4) is 10.6 Å². The van der Waals surface area contributed by atoms with E-state index in [4.69, 9.17) is 4.74 Å². The number of amides is 1. The number of benzene rings is 2. The summed E-state index contributed by atoms with van der Waals surface area (Å²) in [6.07, 6.45) is 2.97. The summed E-state index contributed by atoms with van der Waals surface area (Å²) in [5, 5.41) is 3.93. The van der Waals surface area contributed by atoms with Gasteiger partial charge in [-0.25, -0.2) is 4.98 Å². The van der Waals surface area contributed by atoms with Gasteiger partial charge in [-0.3, -0.25) is 4.79 Å². The number of aryl methyl sites for hydroxylation is 3. The summed E-state index contributed by atoms with van der Waals surface area (Å²) in [5.41, 5.74) is 6.26. The highest BCUT2D eigenvalue weighted by Gasteiger charge is 2.17. The lowest BCUT2D eigenvalue weighted by Gasteiger charge is -2.17. The van der Waals surface area contributed by atoms with E-state index in [9.17, 15) is 4.79 Å². The molecule has 5 heteroatoms. The van der Waals surface area contributed by atoms with Crippen molar-refractivity contribution in [2.45, 2.75) is 73.6 Å². The fourth-order valence-corrected chi connectivity index (χ4v) is 4.49. The Morgan fingerprint density at radius 3 is 2.38 bits per heavy atom. The summed E-state index contributed by atoms with van der Waals surface area (Å²) < 4.78 is 5.86. The molecule has 1 amide bonds. The monoisotopic (exact) mass is 478 g/mol. The molecular formula is C29H38N2O2S. The third kappa shape index (κ3) is 8.23. The number of nitrogens with one attached hydrogen (secondary N) is 1. The van der Waals surface area contributed by atoms with Gasteiger partial charge in [-0.1, -0.05) is 54.1 Å². The molecule has 0 aliphatic heterocycles. The van der Waals surface area contributed by atoms with Crippen molar-refractivity contribution in [2.75, 3.05) is 0 Å². The second-order valence-corrected chi connectivity index (χ2v) is 10.0. The summed E-state index contributed by atoms with van der Waals surface area (Å²) in [6.45, 7) is 18.0. The van der Waals surface area contributed by atoms with E-state index in [2.05, 4.69) is 81.8 Å². The van der Waals surface area contributed by atoms with E-state index in [1.807, 2.05) is 26.0 Å². The molecule has 1 atom stereocenters. The Balaban J connectivity index is 0.00000129. The molecule has 182 valence electrons. The van der Waals surface area contributed by atoms with Gasteiger partial charge in [0.2, 0.25) is 0 Å². The minimum absolute atomic E-state index is 0.131. The number of thiazole rings is 1. The zero-order valence-electron chi connectivity index (χ0n) is 21.6. The lowest BCUT2D eigenvalue weighted by Crippen LogP contribution is -2.24. The van der Waals surface area contributed by atoms with Gasteiger partial charge in [-0.2, -0.15) is 0 Å². The van der Waals surface area contributed by atoms with E-state index in [0.29, 0.717) is 12.2 Å². The Morgan fingerprint density at radius 1 is 1.12 bits per heavy atom. The van der Waals surface area contributed by atoms with Gasteiger partial charge in [0.1, 0.15) is 10.7 Å². The first-order valence-corrected chi connectivity index (χ1v) is 12.6. The minimum atomic E-state index is -0.131. The average Bonchev–Trinajstić information content (AvgIpc) is 3.16. The van der Waals surface area contributed by atoms with Crippen LogP contribution in [0.4, 0.5) is 0 Å². The summed E-state index contributed by atoms with van der Waals surface area (Å²) in [4.78, 5) is 18.4. The molecule has 0 radical (unpaired) electrons. The second-order valence-electron chi connectivity index (χ2n) is 8.84. The molecule has 34 heavy (non-hydrogen) atoms. The summed E-state index contributed by atoms with van der Waals surface area (Å²) >= 11 is 1.55. The van der Waals surface area contributed by atoms with Crippen LogP contribution in [0.5, 0.6) is 0 Å². The largest absolute Gasteiger partial charge is 0.376 e. The van der Waals surface area contributed by atoms with E-state index in [0.717, 1.165) is 33.0 Å². The van der Waals surface area contributed by atoms with Crippen LogP contribution in [-0.2, 0) is 17.7 Å². The van der Waals surface area contributed by atoms with Crippen molar-refractivity contribution >= 4 is 17.2 Å². The number of nitrogens with zero attached hydrogens (tertiary/aromatic N) is 1. The van der Waals surface area contributed by atoms with Crippen molar-refractivity contribution in [2.24, 2.45) is 0 Å². The molecule has 3 aromatic rings. The molecule has 4 nitrogen and oxygen atoms in total. The molecule has 0 aliphatic rings. The molecule has 0 bridgehead atoms. The lowest BCUT2D eigenvalue weighted by molar-refractivity contribution is 0.0195. The highest BCUT2D eigenvalue weighted by Crippen LogP contribution is 2.28. The van der Waals surface area contributed by atoms with E-state index in [-0.39, 0.29) is 18.1 Å². The Morgan fingerprint density at radius 2 is 1.76 bits per heavy atom. The average molecular weight is 479 g/mol. The number of aromatic nitrogens is 1. The van der Waals surface area contributed by atoms with Crippen LogP contribution < -0.4 is 5.32 Å². The molecule has 1 N–H and O–H groups in total. The number of carbonyl (C=O) groups is 1. The minimum Gasteiger partial charge on any atom is -0.376 e. The third-order valence-electron chi connectivity index (χ3n) is 5.19. The molecule has 1 aromatic heterocycles. The molecule has 2 aromatic carbocycles. The summed E-state index contributed by atoms with van der Waals surface area (Å²) in [7, 11) is 0. The Kier molecular flexibility index (Phi) is 10.7. The first-order valence-electron chi connectivity index (χ1n) is 11.8. The van der Waals surface area contributed by atoms with Crippen LogP contribution in [-0.4, -0.2) is 23.1 Å². The fourth-order valence-electron chi connectivity index (χ4n) is 3.57. The van der Waals surface area contributed by atoms with E-state index >= 15 is 0 Å². The van der Waals surface area contributed by atoms with Crippen LogP contribution in [0.2, 0.25) is 0 Å². The Labute approximate surface area is 209 Å². The molecule has 0 fully saturated rings. The number of allylic oxidation sites excluding steroid dienone is 1. The van der Waals surface area contributed by atoms with E-state index in [1.165, 1.54) is 11.1 Å². The predicted molar refractivity (Wildman–Crippen MR) is 145 cm³/mol. The van der Waals surface area contributed by atoms with E-state index in [1.54, 1.807) is 17.4 Å². The second kappa shape index (κ2) is 13.2. The first kappa shape index (κ1) is 27.5. The number of hydrogen-bond donors (Lipinski definition) is 1. The highest BCUT2D eigenvalue weighted by atomic mass is 32.1. The van der Waals surface area contributed by atoms with Gasteiger partial charge < -0.3 is 10.1 Å². The smallest absolute Gasteiger partial charge is 0.271 e. The number of carbonyl (C=O) groups excluding carboxylic acids is 1. The van der Waals surface area contributed by atoms with Gasteiger partial charge in [0.15, 0.2) is 0 Å².